The average Bonchev–Trinajstić information content (AvgIpc) is 3.04. The molecule has 2 aromatic carbocycles. The summed E-state index contributed by atoms with van der Waals surface area (Å²) < 4.78 is 8.26. The fraction of sp³-hybridized carbons (Fsp3) is 0.150. The van der Waals surface area contributed by atoms with Crippen molar-refractivity contribution in [3.05, 3.63) is 70.8 Å². The van der Waals surface area contributed by atoms with Crippen LogP contribution in [0.3, 0.4) is 0 Å². The lowest BCUT2D eigenvalue weighted by atomic mass is 10.1. The fourth-order valence-corrected chi connectivity index (χ4v) is 3.20. The van der Waals surface area contributed by atoms with E-state index in [0.717, 1.165) is 32.9 Å². The van der Waals surface area contributed by atoms with E-state index in [2.05, 4.69) is 20.5 Å². The molecular weight excluding hydrogens is 382 g/mol. The number of carboxylic acids is 1. The molecule has 0 amide bonds. The van der Waals surface area contributed by atoms with Crippen LogP contribution in [0.15, 0.2) is 65.1 Å². The second-order valence-corrected chi connectivity index (χ2v) is 6.54. The number of rotatable bonds is 6. The standard InChI is InChI=1S/C20H18BrNO3/c1-25-18-9-5-14(6-10-18)19-11-7-16(8-12-20(23)24)22(19)17-4-2-3-15(21)13-17/h2-7,9-11,13H,8,12H2,1H3,(H,23,24)/p-1. The summed E-state index contributed by atoms with van der Waals surface area (Å²) in [5, 5.41) is 10.9. The Balaban J connectivity index is 2.09. The molecule has 0 atom stereocenters. The van der Waals surface area contributed by atoms with Gasteiger partial charge < -0.3 is 19.2 Å². The summed E-state index contributed by atoms with van der Waals surface area (Å²) in [6.07, 6.45) is 0.394. The summed E-state index contributed by atoms with van der Waals surface area (Å²) in [4.78, 5) is 10.9. The Morgan fingerprint density at radius 2 is 1.88 bits per heavy atom. The number of benzene rings is 2. The number of nitrogens with zero attached hydrogens (tertiary/aromatic N) is 1. The maximum atomic E-state index is 10.9. The highest BCUT2D eigenvalue weighted by Gasteiger charge is 2.12. The topological polar surface area (TPSA) is 54.3 Å². The van der Waals surface area contributed by atoms with Crippen molar-refractivity contribution in [3.63, 3.8) is 0 Å². The Morgan fingerprint density at radius 1 is 1.12 bits per heavy atom. The molecule has 3 aromatic rings. The summed E-state index contributed by atoms with van der Waals surface area (Å²) in [5.41, 5.74) is 3.92. The van der Waals surface area contributed by atoms with Crippen LogP contribution in [0.1, 0.15) is 12.1 Å². The van der Waals surface area contributed by atoms with Crippen LogP contribution in [-0.4, -0.2) is 17.6 Å². The highest BCUT2D eigenvalue weighted by atomic mass is 79.9. The van der Waals surface area contributed by atoms with Gasteiger partial charge in [-0.1, -0.05) is 22.0 Å². The van der Waals surface area contributed by atoms with Crippen LogP contribution in [0.5, 0.6) is 5.75 Å². The van der Waals surface area contributed by atoms with E-state index >= 15 is 0 Å². The highest BCUT2D eigenvalue weighted by molar-refractivity contribution is 9.10. The van der Waals surface area contributed by atoms with Crippen LogP contribution in [0.25, 0.3) is 16.9 Å². The van der Waals surface area contributed by atoms with E-state index in [1.165, 1.54) is 0 Å². The molecule has 5 heteroatoms. The van der Waals surface area contributed by atoms with Crippen LogP contribution >= 0.6 is 15.9 Å². The van der Waals surface area contributed by atoms with E-state index in [4.69, 9.17) is 4.74 Å². The van der Waals surface area contributed by atoms with Crippen LogP contribution in [0, 0.1) is 0 Å². The van der Waals surface area contributed by atoms with Gasteiger partial charge in [-0.25, -0.2) is 0 Å². The zero-order chi connectivity index (χ0) is 17.8. The first-order valence-electron chi connectivity index (χ1n) is 7.89. The molecule has 0 spiro atoms. The fourth-order valence-electron chi connectivity index (χ4n) is 2.81. The van der Waals surface area contributed by atoms with Crippen molar-refractivity contribution >= 4 is 21.9 Å². The van der Waals surface area contributed by atoms with Gasteiger partial charge in [-0.15, -0.1) is 0 Å². The molecule has 0 saturated carbocycles. The first-order chi connectivity index (χ1) is 12.1. The SMILES string of the molecule is COc1ccc(-c2ccc(CCC(=O)[O-])n2-c2cccc(Br)c2)cc1. The minimum atomic E-state index is -1.05. The summed E-state index contributed by atoms with van der Waals surface area (Å²) in [6.45, 7) is 0. The molecule has 0 bridgehead atoms. The summed E-state index contributed by atoms with van der Waals surface area (Å²) in [7, 11) is 1.64. The van der Waals surface area contributed by atoms with Crippen LogP contribution in [-0.2, 0) is 11.2 Å². The number of aromatic nitrogens is 1. The van der Waals surface area contributed by atoms with Crippen molar-refractivity contribution in [1.29, 1.82) is 0 Å². The van der Waals surface area contributed by atoms with Gasteiger partial charge in [-0.3, -0.25) is 0 Å². The number of carbonyl (C=O) groups is 1. The molecule has 0 N–H and O–H groups in total. The second kappa shape index (κ2) is 7.57. The monoisotopic (exact) mass is 398 g/mol. The van der Waals surface area contributed by atoms with Crippen molar-refractivity contribution < 1.29 is 14.6 Å². The Labute approximate surface area is 154 Å². The Kier molecular flexibility index (Phi) is 5.24. The van der Waals surface area contributed by atoms with Crippen molar-refractivity contribution in [1.82, 2.24) is 4.57 Å². The van der Waals surface area contributed by atoms with E-state index in [1.807, 2.05) is 60.7 Å². The third-order valence-electron chi connectivity index (χ3n) is 4.00. The zero-order valence-electron chi connectivity index (χ0n) is 13.7. The number of hydrogen-bond donors (Lipinski definition) is 0. The number of carbonyl (C=O) groups excluding carboxylic acids is 1. The summed E-state index contributed by atoms with van der Waals surface area (Å²) in [6, 6.07) is 19.7. The lowest BCUT2D eigenvalue weighted by molar-refractivity contribution is -0.305. The van der Waals surface area contributed by atoms with Gasteiger partial charge in [0.25, 0.3) is 0 Å². The van der Waals surface area contributed by atoms with Crippen molar-refractivity contribution in [2.45, 2.75) is 12.8 Å². The minimum absolute atomic E-state index is 0.0138. The van der Waals surface area contributed by atoms with Crippen molar-refractivity contribution in [2.24, 2.45) is 0 Å². The molecule has 1 aromatic heterocycles. The number of carboxylic acid groups (broad SMARTS) is 1. The predicted octanol–water partition coefficient (Wildman–Crippen LogP) is 3.60. The lowest BCUT2D eigenvalue weighted by Gasteiger charge is -2.15. The molecule has 0 radical (unpaired) electrons. The van der Waals surface area contributed by atoms with Crippen molar-refractivity contribution in [2.75, 3.05) is 7.11 Å². The Morgan fingerprint density at radius 3 is 2.52 bits per heavy atom. The molecule has 0 fully saturated rings. The van der Waals surface area contributed by atoms with Gasteiger partial charge in [0.15, 0.2) is 0 Å². The minimum Gasteiger partial charge on any atom is -0.550 e. The number of aliphatic carboxylic acids is 1. The Hall–Kier alpha value is -2.53. The van der Waals surface area contributed by atoms with Gasteiger partial charge in [0.1, 0.15) is 5.75 Å². The van der Waals surface area contributed by atoms with Gasteiger partial charge >= 0.3 is 0 Å². The zero-order valence-corrected chi connectivity index (χ0v) is 15.3. The molecule has 25 heavy (non-hydrogen) atoms. The van der Waals surface area contributed by atoms with E-state index in [-0.39, 0.29) is 6.42 Å². The first kappa shape index (κ1) is 17.3. The molecule has 0 unspecified atom stereocenters. The maximum Gasteiger partial charge on any atom is 0.118 e. The molecule has 3 rings (SSSR count). The number of methoxy groups -OCH3 is 1. The smallest absolute Gasteiger partial charge is 0.118 e. The van der Waals surface area contributed by atoms with Gasteiger partial charge in [-0.2, -0.15) is 0 Å². The van der Waals surface area contributed by atoms with Gasteiger partial charge in [0.05, 0.1) is 12.8 Å². The molecule has 1 heterocycles. The number of halogens is 1. The third kappa shape index (κ3) is 3.94. The molecular formula is C20H17BrNO3-. The maximum absolute atomic E-state index is 10.9. The van der Waals surface area contributed by atoms with E-state index in [0.29, 0.717) is 6.42 Å². The van der Waals surface area contributed by atoms with E-state index in [1.54, 1.807) is 7.11 Å². The number of ether oxygens (including phenoxy) is 1. The normalized spacial score (nSPS) is 10.6. The third-order valence-corrected chi connectivity index (χ3v) is 4.49. The number of hydrogen-bond acceptors (Lipinski definition) is 3. The molecule has 0 aliphatic carbocycles. The highest BCUT2D eigenvalue weighted by Crippen LogP contribution is 2.29. The van der Waals surface area contributed by atoms with Gasteiger partial charge in [-0.05, 0) is 73.0 Å². The molecule has 0 saturated heterocycles. The first-order valence-corrected chi connectivity index (χ1v) is 8.68. The second-order valence-electron chi connectivity index (χ2n) is 5.63. The van der Waals surface area contributed by atoms with Crippen LogP contribution < -0.4 is 9.84 Å². The number of aryl methyl sites for hydroxylation is 1. The average molecular weight is 399 g/mol. The van der Waals surface area contributed by atoms with E-state index < -0.39 is 5.97 Å². The van der Waals surface area contributed by atoms with Crippen LogP contribution in [0.4, 0.5) is 0 Å². The van der Waals surface area contributed by atoms with Gasteiger partial charge in [0, 0.05) is 21.8 Å². The quantitative estimate of drug-likeness (QED) is 0.637. The predicted molar refractivity (Wildman–Crippen MR) is 98.8 cm³/mol. The van der Waals surface area contributed by atoms with E-state index in [9.17, 15) is 9.90 Å². The molecule has 0 aliphatic rings. The molecule has 128 valence electrons. The largest absolute Gasteiger partial charge is 0.550 e. The molecule has 4 nitrogen and oxygen atoms in total. The summed E-state index contributed by atoms with van der Waals surface area (Å²) >= 11 is 3.50. The Bertz CT molecular complexity index is 884. The van der Waals surface area contributed by atoms with Crippen LogP contribution in [0.2, 0.25) is 0 Å². The summed E-state index contributed by atoms with van der Waals surface area (Å²) in [5.74, 6) is -0.255. The van der Waals surface area contributed by atoms with Gasteiger partial charge in [0.2, 0.25) is 0 Å². The van der Waals surface area contributed by atoms with Crippen molar-refractivity contribution in [3.8, 4) is 22.7 Å². The lowest BCUT2D eigenvalue weighted by Crippen LogP contribution is -2.22. The molecule has 0 aliphatic heterocycles.